The van der Waals surface area contributed by atoms with Gasteiger partial charge in [-0.1, -0.05) is 0 Å². The Labute approximate surface area is 247 Å². The van der Waals surface area contributed by atoms with Gasteiger partial charge >= 0.3 is 5.97 Å². The van der Waals surface area contributed by atoms with E-state index in [0.29, 0.717) is 17.1 Å². The minimum Gasteiger partial charge on any atom is -0.502 e. The van der Waals surface area contributed by atoms with Crippen LogP contribution in [0, 0.1) is 11.8 Å². The average Bonchev–Trinajstić information content (AvgIpc) is 3.63. The molecule has 43 heavy (non-hydrogen) atoms. The second-order valence-electron chi connectivity index (χ2n) is 11.2. The number of carbonyl (C=O) groups excluding carboxylic acids is 1. The van der Waals surface area contributed by atoms with E-state index in [1.165, 1.54) is 21.3 Å². The summed E-state index contributed by atoms with van der Waals surface area (Å²) in [5, 5.41) is 22.0. The molecule has 0 amide bonds. The zero-order valence-corrected chi connectivity index (χ0v) is 24.1. The van der Waals surface area contributed by atoms with Crippen molar-refractivity contribution >= 4 is 5.97 Å². The Kier molecular flexibility index (Phi) is 7.27. The fourth-order valence-corrected chi connectivity index (χ4v) is 6.99. The Morgan fingerprint density at radius 2 is 1.60 bits per heavy atom. The maximum Gasteiger partial charge on any atom is 0.310 e. The Bertz CT molecular complexity index is 1370. The smallest absolute Gasteiger partial charge is 0.310 e. The van der Waals surface area contributed by atoms with Gasteiger partial charge in [-0.3, -0.25) is 4.79 Å². The Morgan fingerprint density at radius 3 is 2.28 bits per heavy atom. The molecule has 0 aromatic heterocycles. The summed E-state index contributed by atoms with van der Waals surface area (Å²) in [5.74, 6) is -0.808. The van der Waals surface area contributed by atoms with Gasteiger partial charge in [-0.15, -0.1) is 0 Å². The van der Waals surface area contributed by atoms with E-state index < -0.39 is 66.8 Å². The maximum atomic E-state index is 13.5. The number of carbonyl (C=O) groups is 1. The minimum absolute atomic E-state index is 0.0473. The van der Waals surface area contributed by atoms with E-state index >= 15 is 0 Å². The van der Waals surface area contributed by atoms with Crippen LogP contribution in [0.1, 0.15) is 35.6 Å². The van der Waals surface area contributed by atoms with E-state index in [-0.39, 0.29) is 37.3 Å². The number of esters is 1. The number of hydrogen-bond donors (Lipinski definition) is 2. The Hall–Kier alpha value is -3.33. The van der Waals surface area contributed by atoms with Gasteiger partial charge in [0.15, 0.2) is 35.6 Å². The molecule has 0 bridgehead atoms. The van der Waals surface area contributed by atoms with Crippen LogP contribution < -0.4 is 18.9 Å². The fraction of sp³-hybridized carbons (Fsp3) is 0.567. The van der Waals surface area contributed by atoms with Crippen LogP contribution in [0.4, 0.5) is 0 Å². The molecule has 5 aliphatic rings. The lowest BCUT2D eigenvalue weighted by molar-refractivity contribution is -0.366. The van der Waals surface area contributed by atoms with E-state index in [0.717, 1.165) is 11.1 Å². The van der Waals surface area contributed by atoms with Gasteiger partial charge in [0.1, 0.15) is 24.4 Å². The first kappa shape index (κ1) is 28.4. The predicted octanol–water partition coefficient (Wildman–Crippen LogP) is 1.99. The average molecular weight is 603 g/mol. The highest BCUT2D eigenvalue weighted by molar-refractivity contribution is 5.79. The molecule has 0 saturated carbocycles. The number of cyclic esters (lactones) is 1. The van der Waals surface area contributed by atoms with Crippen LogP contribution >= 0.6 is 0 Å². The molecule has 1 aliphatic carbocycles. The highest BCUT2D eigenvalue weighted by Gasteiger charge is 2.56. The van der Waals surface area contributed by atoms with Crippen molar-refractivity contribution in [2.75, 3.05) is 41.3 Å². The first-order valence-electron chi connectivity index (χ1n) is 14.2. The van der Waals surface area contributed by atoms with Crippen molar-refractivity contribution in [2.45, 2.75) is 55.9 Å². The third kappa shape index (κ3) is 4.57. The summed E-state index contributed by atoms with van der Waals surface area (Å²) in [6, 6.07) is 7.04. The fourth-order valence-electron chi connectivity index (χ4n) is 6.99. The van der Waals surface area contributed by atoms with Crippen molar-refractivity contribution in [3.63, 3.8) is 0 Å². The number of phenolic OH excluding ortho intramolecular Hbond substituents is 1. The van der Waals surface area contributed by atoms with Gasteiger partial charge in [-0.05, 0) is 47.9 Å². The quantitative estimate of drug-likeness (QED) is 0.465. The second-order valence-corrected chi connectivity index (χ2v) is 11.2. The van der Waals surface area contributed by atoms with Gasteiger partial charge in [0.05, 0.1) is 39.5 Å². The van der Waals surface area contributed by atoms with Gasteiger partial charge in [-0.25, -0.2) is 0 Å². The van der Waals surface area contributed by atoms with Gasteiger partial charge in [-0.2, -0.15) is 0 Å². The normalized spacial score (nSPS) is 35.9. The van der Waals surface area contributed by atoms with Crippen molar-refractivity contribution < 1.29 is 62.4 Å². The van der Waals surface area contributed by atoms with E-state index in [1.54, 1.807) is 19.1 Å². The number of aliphatic hydroxyl groups excluding tert-OH is 1. The summed E-state index contributed by atoms with van der Waals surface area (Å²) >= 11 is 0. The van der Waals surface area contributed by atoms with Crippen LogP contribution in [0.5, 0.6) is 28.7 Å². The SMILES string of the molecule is COc1cc([C@@H]2c3cc4c(cc3[C@@H](O[C@@H]3O[C@@H]5CO[C@@H](C)O[C@H]5[C@H](OC)[C@H]3O)[C@H]3COC(=O)[C@H]23)OCO4)cc(OC)c1O. The van der Waals surface area contributed by atoms with E-state index in [1.807, 2.05) is 12.1 Å². The Balaban J connectivity index is 1.32. The third-order valence-electron chi connectivity index (χ3n) is 8.99. The Morgan fingerprint density at radius 1 is 0.907 bits per heavy atom. The van der Waals surface area contributed by atoms with Crippen molar-refractivity contribution in [3.05, 3.63) is 41.0 Å². The molecular formula is C30H34O13. The molecule has 2 N–H and O–H groups in total. The lowest BCUT2D eigenvalue weighted by Gasteiger charge is -2.48. The largest absolute Gasteiger partial charge is 0.502 e. The number of rotatable bonds is 6. The standard InChI is InChI=1S/C30H34O13/c1-12-37-10-21-27(41-12)28(36-4)25(32)30(42-21)43-26-15-8-18-17(39-11-40-18)7-14(15)22(23-16(26)9-38-29(23)33)13-5-19(34-2)24(31)20(6-13)35-3/h5-8,12,16,21-23,25-28,30-32H,9-11H2,1-4H3/t12-,16+,21-,22-,23+,25-,26-,27-,28-,30+/m1/s1. The summed E-state index contributed by atoms with van der Waals surface area (Å²) in [5.41, 5.74) is 2.12. The minimum atomic E-state index is -1.20. The third-order valence-corrected chi connectivity index (χ3v) is 8.99. The number of hydrogen-bond acceptors (Lipinski definition) is 13. The number of benzene rings is 2. The van der Waals surface area contributed by atoms with Crippen molar-refractivity contribution in [1.82, 2.24) is 0 Å². The molecule has 4 heterocycles. The molecule has 13 heteroatoms. The molecule has 13 nitrogen and oxygen atoms in total. The van der Waals surface area contributed by atoms with Crippen LogP contribution in [0.2, 0.25) is 0 Å². The summed E-state index contributed by atoms with van der Waals surface area (Å²) in [6.07, 6.45) is -5.38. The molecule has 4 aliphatic heterocycles. The van der Waals surface area contributed by atoms with Crippen LogP contribution in [-0.4, -0.2) is 94.5 Å². The van der Waals surface area contributed by atoms with Crippen molar-refractivity contribution in [2.24, 2.45) is 11.8 Å². The second kappa shape index (κ2) is 11.0. The molecule has 232 valence electrons. The summed E-state index contributed by atoms with van der Waals surface area (Å²) in [6.45, 7) is 2.13. The lowest BCUT2D eigenvalue weighted by Crippen LogP contribution is -2.63. The van der Waals surface area contributed by atoms with Crippen LogP contribution in [0.15, 0.2) is 24.3 Å². The summed E-state index contributed by atoms with van der Waals surface area (Å²) in [7, 11) is 4.38. The van der Waals surface area contributed by atoms with Gasteiger partial charge in [0.2, 0.25) is 12.5 Å². The molecule has 0 radical (unpaired) electrons. The summed E-state index contributed by atoms with van der Waals surface area (Å²) < 4.78 is 57.9. The molecule has 2 aromatic rings. The number of ether oxygens (including phenoxy) is 10. The highest BCUT2D eigenvalue weighted by Crippen LogP contribution is 2.57. The lowest BCUT2D eigenvalue weighted by atomic mass is 9.66. The van der Waals surface area contributed by atoms with Gasteiger partial charge in [0.25, 0.3) is 0 Å². The van der Waals surface area contributed by atoms with Crippen molar-refractivity contribution in [3.8, 4) is 28.7 Å². The van der Waals surface area contributed by atoms with Crippen LogP contribution in [0.3, 0.4) is 0 Å². The number of phenols is 1. The first-order valence-corrected chi connectivity index (χ1v) is 14.2. The number of aromatic hydroxyl groups is 1. The molecular weight excluding hydrogens is 568 g/mol. The molecule has 0 spiro atoms. The van der Waals surface area contributed by atoms with Crippen LogP contribution in [-0.2, 0) is 33.2 Å². The number of aliphatic hydroxyl groups is 1. The highest BCUT2D eigenvalue weighted by atomic mass is 16.8. The first-order chi connectivity index (χ1) is 20.8. The zero-order valence-electron chi connectivity index (χ0n) is 24.1. The maximum absolute atomic E-state index is 13.5. The van der Waals surface area contributed by atoms with Gasteiger partial charge < -0.3 is 57.6 Å². The number of methoxy groups -OCH3 is 3. The molecule has 3 saturated heterocycles. The topological polar surface area (TPSA) is 150 Å². The van der Waals surface area contributed by atoms with E-state index in [9.17, 15) is 15.0 Å². The zero-order chi connectivity index (χ0) is 30.0. The summed E-state index contributed by atoms with van der Waals surface area (Å²) in [4.78, 5) is 13.5. The van der Waals surface area contributed by atoms with Gasteiger partial charge in [0, 0.05) is 18.9 Å². The molecule has 10 atom stereocenters. The van der Waals surface area contributed by atoms with E-state index in [4.69, 9.17) is 47.4 Å². The molecule has 0 unspecified atom stereocenters. The van der Waals surface area contributed by atoms with Crippen LogP contribution in [0.25, 0.3) is 0 Å². The predicted molar refractivity (Wildman–Crippen MR) is 143 cm³/mol. The molecule has 7 rings (SSSR count). The number of fused-ring (bicyclic) bond motifs is 4. The molecule has 3 fully saturated rings. The van der Waals surface area contributed by atoms with E-state index in [2.05, 4.69) is 0 Å². The molecule has 2 aromatic carbocycles. The van der Waals surface area contributed by atoms with Crippen molar-refractivity contribution in [1.29, 1.82) is 0 Å². The monoisotopic (exact) mass is 602 g/mol.